The van der Waals surface area contributed by atoms with Crippen molar-refractivity contribution < 1.29 is 19.0 Å². The van der Waals surface area contributed by atoms with Gasteiger partial charge < -0.3 is 34.3 Å². The molecule has 1 saturated heterocycles. The van der Waals surface area contributed by atoms with E-state index in [-0.39, 0.29) is 5.91 Å². The number of methoxy groups -OCH3 is 2. The van der Waals surface area contributed by atoms with Gasteiger partial charge in [-0.15, -0.1) is 0 Å². The van der Waals surface area contributed by atoms with Gasteiger partial charge in [0, 0.05) is 68.7 Å². The normalized spacial score (nSPS) is 13.9. The van der Waals surface area contributed by atoms with E-state index in [2.05, 4.69) is 22.2 Å². The fourth-order valence-electron chi connectivity index (χ4n) is 4.08. The van der Waals surface area contributed by atoms with E-state index in [4.69, 9.17) is 19.2 Å². The Morgan fingerprint density at radius 3 is 2.51 bits per heavy atom. The molecule has 10 nitrogen and oxygen atoms in total. The van der Waals surface area contributed by atoms with Crippen LogP contribution >= 0.6 is 0 Å². The Bertz CT molecular complexity index is 1150. The first-order valence-corrected chi connectivity index (χ1v) is 11.8. The maximum atomic E-state index is 13.4. The van der Waals surface area contributed by atoms with Crippen molar-refractivity contribution in [2.24, 2.45) is 0 Å². The van der Waals surface area contributed by atoms with Crippen LogP contribution in [0, 0.1) is 13.8 Å². The van der Waals surface area contributed by atoms with Crippen molar-refractivity contribution in [3.05, 3.63) is 41.2 Å². The van der Waals surface area contributed by atoms with E-state index >= 15 is 0 Å². The van der Waals surface area contributed by atoms with Gasteiger partial charge in [0.15, 0.2) is 0 Å². The number of aryl methyl sites for hydroxylation is 2. The van der Waals surface area contributed by atoms with Crippen LogP contribution in [-0.4, -0.2) is 87.7 Å². The summed E-state index contributed by atoms with van der Waals surface area (Å²) in [4.78, 5) is 30.2. The van der Waals surface area contributed by atoms with Crippen LogP contribution in [-0.2, 0) is 14.2 Å². The molecule has 2 N–H and O–H groups in total. The monoisotopic (exact) mass is 482 g/mol. The summed E-state index contributed by atoms with van der Waals surface area (Å²) in [5, 5.41) is 4.10. The molecule has 1 amide bonds. The van der Waals surface area contributed by atoms with Crippen LogP contribution in [0.1, 0.15) is 21.7 Å². The largest absolute Gasteiger partial charge is 0.383 e. The average Bonchev–Trinajstić information content (AvgIpc) is 3.17. The van der Waals surface area contributed by atoms with Gasteiger partial charge in [-0.1, -0.05) is 0 Å². The third-order valence-electron chi connectivity index (χ3n) is 6.25. The molecule has 0 radical (unpaired) electrons. The molecule has 1 aliphatic rings. The maximum absolute atomic E-state index is 13.4. The molecule has 3 aromatic rings. The lowest BCUT2D eigenvalue weighted by atomic mass is 10.1. The number of hydrogen-bond acceptors (Lipinski definition) is 8. The molecular weight excluding hydrogens is 448 g/mol. The molecule has 3 heterocycles. The zero-order valence-electron chi connectivity index (χ0n) is 20.9. The minimum absolute atomic E-state index is 0.286. The lowest BCUT2D eigenvalue weighted by Gasteiger charge is -2.29. The van der Waals surface area contributed by atoms with Crippen molar-refractivity contribution in [1.29, 1.82) is 0 Å². The van der Waals surface area contributed by atoms with Gasteiger partial charge in [0.1, 0.15) is 11.5 Å². The standard InChI is InChI=1S/C25H34N6O4/c1-17-18(2)26-21-6-5-19(15-20(17)21)27-24(32)22-16-23(30(7-11-33-3)8-12-34-4)29-25(28-22)31-9-13-35-14-10-31/h5-6,15-16,26H,7-14H2,1-4H3,(H,27,32). The lowest BCUT2D eigenvalue weighted by Crippen LogP contribution is -2.38. The number of ether oxygens (including phenoxy) is 3. The molecule has 4 rings (SSSR count). The Morgan fingerprint density at radius 1 is 1.11 bits per heavy atom. The summed E-state index contributed by atoms with van der Waals surface area (Å²) in [6.07, 6.45) is 0. The Balaban J connectivity index is 1.65. The van der Waals surface area contributed by atoms with Gasteiger partial charge in [-0.2, -0.15) is 4.98 Å². The van der Waals surface area contributed by atoms with Crippen molar-refractivity contribution >= 4 is 34.3 Å². The van der Waals surface area contributed by atoms with E-state index in [0.717, 1.165) is 16.6 Å². The average molecular weight is 483 g/mol. The number of nitrogens with one attached hydrogen (secondary N) is 2. The first-order chi connectivity index (χ1) is 17.0. The van der Waals surface area contributed by atoms with E-state index in [0.29, 0.717) is 75.8 Å². The Labute approximate surface area is 205 Å². The molecule has 0 unspecified atom stereocenters. The Hall–Kier alpha value is -3.21. The number of fused-ring (bicyclic) bond motifs is 1. The van der Waals surface area contributed by atoms with Crippen LogP contribution in [0.3, 0.4) is 0 Å². The highest BCUT2D eigenvalue weighted by Crippen LogP contribution is 2.25. The molecule has 2 aromatic heterocycles. The first-order valence-electron chi connectivity index (χ1n) is 11.8. The molecule has 0 spiro atoms. The van der Waals surface area contributed by atoms with E-state index < -0.39 is 0 Å². The van der Waals surface area contributed by atoms with E-state index in [1.54, 1.807) is 20.3 Å². The Morgan fingerprint density at radius 2 is 1.83 bits per heavy atom. The van der Waals surface area contributed by atoms with Gasteiger partial charge in [-0.05, 0) is 37.6 Å². The number of nitrogens with zero attached hydrogens (tertiary/aromatic N) is 4. The quantitative estimate of drug-likeness (QED) is 0.455. The number of aromatic nitrogens is 3. The summed E-state index contributed by atoms with van der Waals surface area (Å²) < 4.78 is 16.1. The summed E-state index contributed by atoms with van der Waals surface area (Å²) in [6.45, 7) is 8.93. The molecule has 0 aliphatic carbocycles. The first kappa shape index (κ1) is 24.9. The second-order valence-corrected chi connectivity index (χ2v) is 8.57. The van der Waals surface area contributed by atoms with E-state index in [9.17, 15) is 4.79 Å². The fourth-order valence-corrected chi connectivity index (χ4v) is 4.08. The number of benzene rings is 1. The number of rotatable bonds is 10. The SMILES string of the molecule is COCCN(CCOC)c1cc(C(=O)Nc2ccc3[nH]c(C)c(C)c3c2)nc(N2CCOCC2)n1. The topological polar surface area (TPSA) is 105 Å². The van der Waals surface area contributed by atoms with Crippen LogP contribution in [0.2, 0.25) is 0 Å². The highest BCUT2D eigenvalue weighted by atomic mass is 16.5. The highest BCUT2D eigenvalue weighted by molar-refractivity contribution is 6.04. The highest BCUT2D eigenvalue weighted by Gasteiger charge is 2.21. The van der Waals surface area contributed by atoms with Crippen molar-refractivity contribution in [3.8, 4) is 0 Å². The van der Waals surface area contributed by atoms with Crippen LogP contribution in [0.5, 0.6) is 0 Å². The molecule has 1 aliphatic heterocycles. The number of carbonyl (C=O) groups is 1. The fraction of sp³-hybridized carbons (Fsp3) is 0.480. The molecule has 0 atom stereocenters. The second kappa shape index (κ2) is 11.5. The third kappa shape index (κ3) is 5.90. The Kier molecular flexibility index (Phi) is 8.17. The zero-order chi connectivity index (χ0) is 24.8. The van der Waals surface area contributed by atoms with Crippen molar-refractivity contribution in [3.63, 3.8) is 0 Å². The third-order valence-corrected chi connectivity index (χ3v) is 6.25. The number of amides is 1. The predicted octanol–water partition coefficient (Wildman–Crippen LogP) is 2.76. The number of anilines is 3. The van der Waals surface area contributed by atoms with Gasteiger partial charge in [-0.25, -0.2) is 4.98 Å². The van der Waals surface area contributed by atoms with Crippen LogP contribution in [0.4, 0.5) is 17.5 Å². The molecule has 1 aromatic carbocycles. The summed E-state index contributed by atoms with van der Waals surface area (Å²) in [5.74, 6) is 0.891. The minimum atomic E-state index is -0.286. The molecular formula is C25H34N6O4. The molecule has 1 fully saturated rings. The summed E-state index contributed by atoms with van der Waals surface area (Å²) >= 11 is 0. The molecule has 0 bridgehead atoms. The summed E-state index contributed by atoms with van der Waals surface area (Å²) in [7, 11) is 3.33. The minimum Gasteiger partial charge on any atom is -0.383 e. The lowest BCUT2D eigenvalue weighted by molar-refractivity contribution is 0.102. The zero-order valence-corrected chi connectivity index (χ0v) is 20.9. The van der Waals surface area contributed by atoms with Crippen molar-refractivity contribution in [2.75, 3.05) is 81.9 Å². The van der Waals surface area contributed by atoms with Crippen molar-refractivity contribution in [2.45, 2.75) is 13.8 Å². The smallest absolute Gasteiger partial charge is 0.274 e. The van der Waals surface area contributed by atoms with Crippen molar-refractivity contribution in [1.82, 2.24) is 15.0 Å². The van der Waals surface area contributed by atoms with Gasteiger partial charge in [0.25, 0.3) is 5.91 Å². The summed E-state index contributed by atoms with van der Waals surface area (Å²) in [5.41, 5.74) is 4.35. The van der Waals surface area contributed by atoms with Crippen LogP contribution < -0.4 is 15.1 Å². The number of hydrogen-bond donors (Lipinski definition) is 2. The summed E-state index contributed by atoms with van der Waals surface area (Å²) in [6, 6.07) is 7.59. The van der Waals surface area contributed by atoms with E-state index in [1.807, 2.05) is 34.9 Å². The molecule has 10 heteroatoms. The number of carbonyl (C=O) groups excluding carboxylic acids is 1. The van der Waals surface area contributed by atoms with Gasteiger partial charge >= 0.3 is 0 Å². The van der Waals surface area contributed by atoms with E-state index in [1.165, 1.54) is 5.56 Å². The number of morpholine rings is 1. The van der Waals surface area contributed by atoms with Crippen LogP contribution in [0.15, 0.2) is 24.3 Å². The van der Waals surface area contributed by atoms with Gasteiger partial charge in [-0.3, -0.25) is 4.79 Å². The van der Waals surface area contributed by atoms with Crippen LogP contribution in [0.25, 0.3) is 10.9 Å². The molecule has 188 valence electrons. The van der Waals surface area contributed by atoms with Gasteiger partial charge in [0.05, 0.1) is 26.4 Å². The van der Waals surface area contributed by atoms with Gasteiger partial charge in [0.2, 0.25) is 5.95 Å². The second-order valence-electron chi connectivity index (χ2n) is 8.57. The predicted molar refractivity (Wildman–Crippen MR) is 137 cm³/mol. The molecule has 35 heavy (non-hydrogen) atoms. The number of H-pyrrole nitrogens is 1. The number of aromatic amines is 1. The maximum Gasteiger partial charge on any atom is 0.274 e. The molecule has 0 saturated carbocycles.